The second-order valence-electron chi connectivity index (χ2n) is 4.14. The van der Waals surface area contributed by atoms with Gasteiger partial charge in [0.2, 0.25) is 0 Å². The first kappa shape index (κ1) is 13.4. The highest BCUT2D eigenvalue weighted by atomic mass is 16.5. The first-order valence-electron chi connectivity index (χ1n) is 5.93. The van der Waals surface area contributed by atoms with E-state index in [0.29, 0.717) is 19.6 Å². The Morgan fingerprint density at radius 1 is 1.50 bits per heavy atom. The molecule has 16 heavy (non-hydrogen) atoms. The summed E-state index contributed by atoms with van der Waals surface area (Å²) in [5, 5.41) is 12.3. The highest BCUT2D eigenvalue weighted by molar-refractivity contribution is 5.79. The molecule has 5 nitrogen and oxygen atoms in total. The van der Waals surface area contributed by atoms with E-state index in [4.69, 9.17) is 4.74 Å². The minimum atomic E-state index is -0.854. The lowest BCUT2D eigenvalue weighted by atomic mass is 9.99. The molecule has 1 aliphatic rings. The van der Waals surface area contributed by atoms with Crippen LogP contribution in [-0.4, -0.2) is 60.9 Å². The third-order valence-electron chi connectivity index (χ3n) is 3.22. The van der Waals surface area contributed by atoms with Crippen LogP contribution in [0.3, 0.4) is 0 Å². The number of carboxylic acids is 1. The van der Waals surface area contributed by atoms with Gasteiger partial charge in [-0.3, -0.25) is 10.1 Å². The molecule has 0 aromatic rings. The van der Waals surface area contributed by atoms with Gasteiger partial charge in [0.05, 0.1) is 6.61 Å². The van der Waals surface area contributed by atoms with E-state index in [1.807, 2.05) is 0 Å². The van der Waals surface area contributed by atoms with Crippen LogP contribution in [0.1, 0.15) is 20.3 Å². The third-order valence-corrected chi connectivity index (χ3v) is 3.22. The van der Waals surface area contributed by atoms with Crippen LogP contribution in [0.5, 0.6) is 0 Å². The molecule has 1 atom stereocenters. The maximum atomic E-state index is 11.2. The number of hydrogen-bond acceptors (Lipinski definition) is 4. The van der Waals surface area contributed by atoms with Gasteiger partial charge < -0.3 is 14.7 Å². The maximum absolute atomic E-state index is 11.2. The Labute approximate surface area is 96.8 Å². The van der Waals surface area contributed by atoms with Crippen LogP contribution in [0.2, 0.25) is 0 Å². The van der Waals surface area contributed by atoms with E-state index < -0.39 is 11.5 Å². The molecule has 2 N–H and O–H groups in total. The van der Waals surface area contributed by atoms with Crippen LogP contribution in [0.25, 0.3) is 0 Å². The lowest BCUT2D eigenvalue weighted by Crippen LogP contribution is -2.54. The van der Waals surface area contributed by atoms with E-state index >= 15 is 0 Å². The van der Waals surface area contributed by atoms with Crippen molar-refractivity contribution in [2.75, 3.05) is 39.4 Å². The SMILES string of the molecule is CCN(CC)CCNC1(C(=O)O)CCOC1. The Balaban J connectivity index is 2.36. The molecule has 0 bridgehead atoms. The van der Waals surface area contributed by atoms with Crippen LogP contribution in [0, 0.1) is 0 Å². The summed E-state index contributed by atoms with van der Waals surface area (Å²) in [6.45, 7) is 8.58. The van der Waals surface area contributed by atoms with Crippen molar-refractivity contribution in [2.24, 2.45) is 0 Å². The van der Waals surface area contributed by atoms with E-state index in [1.54, 1.807) is 0 Å². The number of likely N-dealkylation sites (N-methyl/N-ethyl adjacent to an activating group) is 1. The second kappa shape index (κ2) is 6.18. The molecular formula is C11H22N2O3. The quantitative estimate of drug-likeness (QED) is 0.652. The van der Waals surface area contributed by atoms with Crippen molar-refractivity contribution in [2.45, 2.75) is 25.8 Å². The van der Waals surface area contributed by atoms with Crippen molar-refractivity contribution in [3.63, 3.8) is 0 Å². The van der Waals surface area contributed by atoms with Crippen molar-refractivity contribution in [1.29, 1.82) is 0 Å². The van der Waals surface area contributed by atoms with Crippen LogP contribution in [0.15, 0.2) is 0 Å². The van der Waals surface area contributed by atoms with Gasteiger partial charge in [-0.05, 0) is 13.1 Å². The number of nitrogens with zero attached hydrogens (tertiary/aromatic N) is 1. The fourth-order valence-corrected chi connectivity index (χ4v) is 1.94. The Kier molecular flexibility index (Phi) is 5.18. The van der Waals surface area contributed by atoms with Crippen molar-refractivity contribution in [3.8, 4) is 0 Å². The summed E-state index contributed by atoms with van der Waals surface area (Å²) < 4.78 is 5.18. The van der Waals surface area contributed by atoms with E-state index in [-0.39, 0.29) is 6.61 Å². The largest absolute Gasteiger partial charge is 0.480 e. The molecule has 94 valence electrons. The molecule has 1 unspecified atom stereocenters. The summed E-state index contributed by atoms with van der Waals surface area (Å²) in [4.78, 5) is 13.4. The number of hydrogen-bond donors (Lipinski definition) is 2. The van der Waals surface area contributed by atoms with Gasteiger partial charge in [-0.2, -0.15) is 0 Å². The molecule has 0 spiro atoms. The molecule has 0 saturated carbocycles. The second-order valence-corrected chi connectivity index (χ2v) is 4.14. The average molecular weight is 230 g/mol. The van der Waals surface area contributed by atoms with Crippen molar-refractivity contribution >= 4 is 5.97 Å². The zero-order valence-electron chi connectivity index (χ0n) is 10.2. The van der Waals surface area contributed by atoms with Crippen LogP contribution < -0.4 is 5.32 Å². The summed E-state index contributed by atoms with van der Waals surface area (Å²) in [7, 11) is 0. The number of rotatable bonds is 7. The Morgan fingerprint density at radius 3 is 2.62 bits per heavy atom. The maximum Gasteiger partial charge on any atom is 0.326 e. The predicted molar refractivity (Wildman–Crippen MR) is 61.6 cm³/mol. The standard InChI is InChI=1S/C11H22N2O3/c1-3-13(4-2)7-6-12-11(10(14)15)5-8-16-9-11/h12H,3-9H2,1-2H3,(H,14,15). The zero-order valence-corrected chi connectivity index (χ0v) is 10.2. The van der Waals surface area contributed by atoms with Gasteiger partial charge in [0.15, 0.2) is 0 Å². The molecule has 1 fully saturated rings. The topological polar surface area (TPSA) is 61.8 Å². The molecule has 1 saturated heterocycles. The average Bonchev–Trinajstić information content (AvgIpc) is 2.74. The fraction of sp³-hybridized carbons (Fsp3) is 0.909. The minimum Gasteiger partial charge on any atom is -0.480 e. The van der Waals surface area contributed by atoms with Gasteiger partial charge in [-0.15, -0.1) is 0 Å². The minimum absolute atomic E-state index is 0.278. The monoisotopic (exact) mass is 230 g/mol. The molecule has 5 heteroatoms. The van der Waals surface area contributed by atoms with Crippen molar-refractivity contribution in [1.82, 2.24) is 10.2 Å². The Morgan fingerprint density at radius 2 is 2.19 bits per heavy atom. The lowest BCUT2D eigenvalue weighted by molar-refractivity contribution is -0.144. The smallest absolute Gasteiger partial charge is 0.326 e. The highest BCUT2D eigenvalue weighted by Crippen LogP contribution is 2.18. The summed E-state index contributed by atoms with van der Waals surface area (Å²) >= 11 is 0. The van der Waals surface area contributed by atoms with Crippen LogP contribution >= 0.6 is 0 Å². The van der Waals surface area contributed by atoms with Gasteiger partial charge in [0.25, 0.3) is 0 Å². The number of nitrogens with one attached hydrogen (secondary N) is 1. The number of ether oxygens (including phenoxy) is 1. The summed E-state index contributed by atoms with van der Waals surface area (Å²) in [5.74, 6) is -0.801. The van der Waals surface area contributed by atoms with Gasteiger partial charge in [0, 0.05) is 26.1 Å². The van der Waals surface area contributed by atoms with E-state index in [9.17, 15) is 9.90 Å². The van der Waals surface area contributed by atoms with E-state index in [2.05, 4.69) is 24.1 Å². The number of carboxylic acid groups (broad SMARTS) is 1. The van der Waals surface area contributed by atoms with Gasteiger partial charge >= 0.3 is 5.97 Å². The predicted octanol–water partition coefficient (Wildman–Crippen LogP) is 0.162. The lowest BCUT2D eigenvalue weighted by Gasteiger charge is -2.26. The van der Waals surface area contributed by atoms with Gasteiger partial charge in [-0.25, -0.2) is 0 Å². The summed E-state index contributed by atoms with van der Waals surface area (Å²) in [6.07, 6.45) is 0.556. The summed E-state index contributed by atoms with van der Waals surface area (Å²) in [6, 6.07) is 0. The molecule has 1 aliphatic heterocycles. The van der Waals surface area contributed by atoms with Crippen LogP contribution in [0.4, 0.5) is 0 Å². The Bertz CT molecular complexity index is 223. The molecule has 0 radical (unpaired) electrons. The first-order chi connectivity index (χ1) is 7.64. The zero-order chi connectivity index (χ0) is 12.0. The normalized spacial score (nSPS) is 25.2. The van der Waals surface area contributed by atoms with E-state index in [0.717, 1.165) is 19.6 Å². The van der Waals surface area contributed by atoms with Gasteiger partial charge in [0.1, 0.15) is 5.54 Å². The molecule has 1 rings (SSSR count). The van der Waals surface area contributed by atoms with E-state index in [1.165, 1.54) is 0 Å². The molecule has 0 aromatic carbocycles. The fourth-order valence-electron chi connectivity index (χ4n) is 1.94. The number of aliphatic carboxylic acids is 1. The van der Waals surface area contributed by atoms with Crippen molar-refractivity contribution in [3.05, 3.63) is 0 Å². The molecule has 0 aliphatic carbocycles. The highest BCUT2D eigenvalue weighted by Gasteiger charge is 2.41. The molecule has 0 aromatic heterocycles. The summed E-state index contributed by atoms with van der Waals surface area (Å²) in [5.41, 5.74) is -0.854. The molecular weight excluding hydrogens is 208 g/mol. The Hall–Kier alpha value is -0.650. The number of carbonyl (C=O) groups is 1. The first-order valence-corrected chi connectivity index (χ1v) is 5.93. The van der Waals surface area contributed by atoms with Gasteiger partial charge in [-0.1, -0.05) is 13.8 Å². The van der Waals surface area contributed by atoms with Crippen LogP contribution in [-0.2, 0) is 9.53 Å². The van der Waals surface area contributed by atoms with Crippen molar-refractivity contribution < 1.29 is 14.6 Å². The molecule has 0 amide bonds. The molecule has 1 heterocycles. The third kappa shape index (κ3) is 3.17.